The summed E-state index contributed by atoms with van der Waals surface area (Å²) in [6.07, 6.45) is 2.41. The van der Waals surface area contributed by atoms with Crippen LogP contribution in [0.4, 0.5) is 15.8 Å². The molecule has 0 unspecified atom stereocenters. The second-order valence-corrected chi connectivity index (χ2v) is 9.60. The number of piperazine rings is 1. The SMILES string of the molecule is Cc1cc(N2CCN(CCF)CC2)cc2[nH]c(-c3c(NCCc4cccc(Cl)c4)cc[nH]c3=O)nc12. The summed E-state index contributed by atoms with van der Waals surface area (Å²) in [7, 11) is 0. The maximum atomic E-state index is 12.9. The minimum Gasteiger partial charge on any atom is -0.384 e. The summed E-state index contributed by atoms with van der Waals surface area (Å²) >= 11 is 6.10. The number of nitrogens with one attached hydrogen (secondary N) is 3. The molecule has 36 heavy (non-hydrogen) atoms. The molecule has 1 saturated heterocycles. The summed E-state index contributed by atoms with van der Waals surface area (Å²) < 4.78 is 12.7. The number of aromatic nitrogens is 3. The van der Waals surface area contributed by atoms with Gasteiger partial charge < -0.3 is 20.2 Å². The minimum absolute atomic E-state index is 0.205. The van der Waals surface area contributed by atoms with Crippen molar-refractivity contribution in [1.82, 2.24) is 19.9 Å². The van der Waals surface area contributed by atoms with Crippen molar-refractivity contribution >= 4 is 34.0 Å². The zero-order valence-corrected chi connectivity index (χ0v) is 21.0. The molecule has 3 N–H and O–H groups in total. The zero-order valence-electron chi connectivity index (χ0n) is 20.3. The number of imidazole rings is 1. The van der Waals surface area contributed by atoms with E-state index in [1.54, 1.807) is 6.20 Å². The quantitative estimate of drug-likeness (QED) is 0.323. The van der Waals surface area contributed by atoms with Crippen LogP contribution in [-0.2, 0) is 6.42 Å². The number of H-pyrrole nitrogens is 2. The van der Waals surface area contributed by atoms with Gasteiger partial charge in [0.15, 0.2) is 0 Å². The highest BCUT2D eigenvalue weighted by atomic mass is 35.5. The second-order valence-electron chi connectivity index (χ2n) is 9.16. The van der Waals surface area contributed by atoms with E-state index in [-0.39, 0.29) is 12.2 Å². The van der Waals surface area contributed by atoms with Gasteiger partial charge in [-0.3, -0.25) is 9.69 Å². The van der Waals surface area contributed by atoms with Crippen LogP contribution < -0.4 is 15.8 Å². The number of nitrogens with zero attached hydrogens (tertiary/aromatic N) is 3. The van der Waals surface area contributed by atoms with Crippen molar-refractivity contribution in [2.24, 2.45) is 0 Å². The summed E-state index contributed by atoms with van der Waals surface area (Å²) in [5.74, 6) is 0.533. The molecule has 1 aliphatic heterocycles. The minimum atomic E-state index is -0.307. The lowest BCUT2D eigenvalue weighted by Crippen LogP contribution is -2.47. The Bertz CT molecular complexity index is 1410. The van der Waals surface area contributed by atoms with Crippen LogP contribution in [0.25, 0.3) is 22.4 Å². The van der Waals surface area contributed by atoms with Crippen molar-refractivity contribution in [3.05, 3.63) is 75.2 Å². The smallest absolute Gasteiger partial charge is 0.261 e. The number of halogens is 2. The van der Waals surface area contributed by atoms with Crippen LogP contribution in [0.1, 0.15) is 11.1 Å². The van der Waals surface area contributed by atoms with Crippen LogP contribution in [0.3, 0.4) is 0 Å². The Balaban J connectivity index is 1.38. The van der Waals surface area contributed by atoms with Gasteiger partial charge in [0.05, 0.1) is 16.7 Å². The zero-order chi connectivity index (χ0) is 25.1. The Morgan fingerprint density at radius 1 is 1.14 bits per heavy atom. The fourth-order valence-corrected chi connectivity index (χ4v) is 5.03. The number of benzene rings is 2. The van der Waals surface area contributed by atoms with E-state index < -0.39 is 0 Å². The molecule has 3 heterocycles. The maximum absolute atomic E-state index is 12.9. The lowest BCUT2D eigenvalue weighted by Gasteiger charge is -2.35. The van der Waals surface area contributed by atoms with Crippen molar-refractivity contribution in [3.8, 4) is 11.4 Å². The van der Waals surface area contributed by atoms with Gasteiger partial charge in [0.1, 0.15) is 18.1 Å². The Morgan fingerprint density at radius 2 is 1.97 bits per heavy atom. The highest BCUT2D eigenvalue weighted by molar-refractivity contribution is 6.30. The Kier molecular flexibility index (Phi) is 7.25. The van der Waals surface area contributed by atoms with E-state index in [0.29, 0.717) is 29.5 Å². The molecule has 1 aliphatic rings. The first-order valence-corrected chi connectivity index (χ1v) is 12.6. The van der Waals surface area contributed by atoms with Gasteiger partial charge in [-0.2, -0.15) is 0 Å². The van der Waals surface area contributed by atoms with E-state index in [1.165, 1.54) is 0 Å². The number of hydrogen-bond acceptors (Lipinski definition) is 5. The summed E-state index contributed by atoms with van der Waals surface area (Å²) in [6, 6.07) is 13.9. The average Bonchev–Trinajstić information content (AvgIpc) is 3.29. The molecular weight excluding hydrogens is 479 g/mol. The molecule has 7 nitrogen and oxygen atoms in total. The molecule has 5 rings (SSSR count). The molecule has 2 aromatic carbocycles. The number of anilines is 2. The van der Waals surface area contributed by atoms with Crippen molar-refractivity contribution in [2.45, 2.75) is 13.3 Å². The molecule has 0 aliphatic carbocycles. The van der Waals surface area contributed by atoms with E-state index in [9.17, 15) is 9.18 Å². The van der Waals surface area contributed by atoms with Gasteiger partial charge in [-0.05, 0) is 54.8 Å². The second kappa shape index (κ2) is 10.7. The van der Waals surface area contributed by atoms with Crippen molar-refractivity contribution in [2.75, 3.05) is 56.2 Å². The predicted molar refractivity (Wildman–Crippen MR) is 145 cm³/mol. The van der Waals surface area contributed by atoms with Crippen LogP contribution in [0.15, 0.2) is 53.5 Å². The third kappa shape index (κ3) is 5.24. The van der Waals surface area contributed by atoms with Crippen LogP contribution in [0.5, 0.6) is 0 Å². The Morgan fingerprint density at radius 3 is 2.75 bits per heavy atom. The number of hydrogen-bond donors (Lipinski definition) is 3. The van der Waals surface area contributed by atoms with Gasteiger partial charge in [0.2, 0.25) is 0 Å². The molecular formula is C27H30ClFN6O. The average molecular weight is 509 g/mol. The van der Waals surface area contributed by atoms with Crippen LogP contribution in [-0.4, -0.2) is 65.8 Å². The topological polar surface area (TPSA) is 80.0 Å². The first-order valence-electron chi connectivity index (χ1n) is 12.3. The summed E-state index contributed by atoms with van der Waals surface area (Å²) in [5, 5.41) is 4.11. The molecule has 188 valence electrons. The Hall–Kier alpha value is -3.36. The molecule has 0 bridgehead atoms. The molecule has 1 fully saturated rings. The van der Waals surface area contributed by atoms with Gasteiger partial charge in [0, 0.05) is 56.2 Å². The normalized spacial score (nSPS) is 14.5. The fourth-order valence-electron chi connectivity index (χ4n) is 4.82. The number of aryl methyl sites for hydroxylation is 1. The van der Waals surface area contributed by atoms with Gasteiger partial charge >= 0.3 is 0 Å². The van der Waals surface area contributed by atoms with Crippen LogP contribution in [0, 0.1) is 6.92 Å². The lowest BCUT2D eigenvalue weighted by molar-refractivity contribution is 0.235. The molecule has 2 aromatic heterocycles. The monoisotopic (exact) mass is 508 g/mol. The first-order chi connectivity index (χ1) is 17.5. The summed E-state index contributed by atoms with van der Waals surface area (Å²) in [6.45, 7) is 6.27. The Labute approximate surface area is 214 Å². The highest BCUT2D eigenvalue weighted by Crippen LogP contribution is 2.29. The first kappa shape index (κ1) is 24.3. The number of alkyl halides is 1. The van der Waals surface area contributed by atoms with Gasteiger partial charge in [0.25, 0.3) is 5.56 Å². The van der Waals surface area contributed by atoms with Crippen molar-refractivity contribution in [3.63, 3.8) is 0 Å². The number of aromatic amines is 2. The largest absolute Gasteiger partial charge is 0.384 e. The standard InChI is InChI=1S/C27H30ClFN6O/c1-18-15-21(35-13-11-34(10-7-29)12-14-35)17-23-25(18)33-26(32-23)24-22(6-9-31-27(24)36)30-8-5-19-3-2-4-20(28)16-19/h2-4,6,9,15-17H,5,7-8,10-14H2,1H3,(H,32,33)(H2,30,31,36). The van der Waals surface area contributed by atoms with Crippen molar-refractivity contribution < 1.29 is 4.39 Å². The van der Waals surface area contributed by atoms with E-state index in [0.717, 1.165) is 66.1 Å². The third-order valence-electron chi connectivity index (χ3n) is 6.72. The van der Waals surface area contributed by atoms with Crippen LogP contribution in [0.2, 0.25) is 5.02 Å². The number of fused-ring (bicyclic) bond motifs is 1. The molecule has 0 amide bonds. The number of pyridine rings is 1. The van der Waals surface area contributed by atoms with Crippen molar-refractivity contribution in [1.29, 1.82) is 0 Å². The molecule has 0 spiro atoms. The summed E-state index contributed by atoms with van der Waals surface area (Å²) in [5.41, 5.74) is 6.01. The number of rotatable bonds is 8. The predicted octanol–water partition coefficient (Wildman–Crippen LogP) is 4.63. The van der Waals surface area contributed by atoms with E-state index in [1.807, 2.05) is 37.3 Å². The maximum Gasteiger partial charge on any atom is 0.261 e. The van der Waals surface area contributed by atoms with E-state index in [2.05, 4.69) is 37.2 Å². The van der Waals surface area contributed by atoms with Crippen LogP contribution >= 0.6 is 11.6 Å². The molecule has 0 atom stereocenters. The van der Waals surface area contributed by atoms with Gasteiger partial charge in [-0.25, -0.2) is 9.37 Å². The molecule has 9 heteroatoms. The highest BCUT2D eigenvalue weighted by Gasteiger charge is 2.20. The van der Waals surface area contributed by atoms with Gasteiger partial charge in [-0.1, -0.05) is 23.7 Å². The molecule has 4 aromatic rings. The fraction of sp³-hybridized carbons (Fsp3) is 0.333. The molecule has 0 radical (unpaired) electrons. The lowest BCUT2D eigenvalue weighted by atomic mass is 10.1. The third-order valence-corrected chi connectivity index (χ3v) is 6.95. The molecule has 0 saturated carbocycles. The summed E-state index contributed by atoms with van der Waals surface area (Å²) in [4.78, 5) is 28.3. The van der Waals surface area contributed by atoms with E-state index in [4.69, 9.17) is 16.6 Å². The van der Waals surface area contributed by atoms with Gasteiger partial charge in [-0.15, -0.1) is 0 Å². The van der Waals surface area contributed by atoms with E-state index >= 15 is 0 Å².